The zero-order chi connectivity index (χ0) is 14.9. The van der Waals surface area contributed by atoms with Crippen molar-refractivity contribution in [3.8, 4) is 0 Å². The highest BCUT2D eigenvalue weighted by Gasteiger charge is 2.32. The van der Waals surface area contributed by atoms with Gasteiger partial charge in [-0.05, 0) is 23.8 Å². The molecule has 6 heteroatoms. The average molecular weight is 273 g/mol. The summed E-state index contributed by atoms with van der Waals surface area (Å²) < 4.78 is 0. The van der Waals surface area contributed by atoms with Gasteiger partial charge < -0.3 is 4.90 Å². The van der Waals surface area contributed by atoms with Gasteiger partial charge in [-0.3, -0.25) is 19.8 Å². The zero-order valence-corrected chi connectivity index (χ0v) is 11.5. The largest absolute Gasteiger partial charge is 0.378 e. The lowest BCUT2D eigenvalue weighted by Gasteiger charge is -2.22. The summed E-state index contributed by atoms with van der Waals surface area (Å²) >= 11 is 0. The third kappa shape index (κ3) is 2.54. The molecule has 1 heterocycles. The highest BCUT2D eigenvalue weighted by atomic mass is 16.2. The van der Waals surface area contributed by atoms with Crippen molar-refractivity contribution in [3.05, 3.63) is 35.4 Å². The number of nitrogens with zero attached hydrogens (tertiary/aromatic N) is 2. The van der Waals surface area contributed by atoms with E-state index >= 15 is 0 Å². The van der Waals surface area contributed by atoms with Crippen molar-refractivity contribution in [2.24, 2.45) is 0 Å². The fourth-order valence-electron chi connectivity index (χ4n) is 1.78. The molecule has 1 N–H and O–H groups in total. The Morgan fingerprint density at radius 1 is 1.10 bits per heavy atom. The predicted molar refractivity (Wildman–Crippen MR) is 75.1 cm³/mol. The molecule has 0 radical (unpaired) electrons. The smallest absolute Gasteiger partial charge is 0.331 e. The quantitative estimate of drug-likeness (QED) is 0.640. The van der Waals surface area contributed by atoms with Gasteiger partial charge in [-0.25, -0.2) is 4.79 Å². The van der Waals surface area contributed by atoms with E-state index in [0.717, 1.165) is 16.2 Å². The molecule has 6 nitrogen and oxygen atoms in total. The first-order valence-corrected chi connectivity index (χ1v) is 6.02. The van der Waals surface area contributed by atoms with Crippen LogP contribution in [-0.2, 0) is 9.59 Å². The van der Waals surface area contributed by atoms with Crippen LogP contribution < -0.4 is 10.2 Å². The molecule has 4 amide bonds. The van der Waals surface area contributed by atoms with E-state index in [-0.39, 0.29) is 5.57 Å². The predicted octanol–water partition coefficient (Wildman–Crippen LogP) is 0.844. The molecule has 0 aromatic heterocycles. The molecular formula is C14H15N3O3. The molecule has 104 valence electrons. The Balaban J connectivity index is 2.31. The van der Waals surface area contributed by atoms with Gasteiger partial charge in [0, 0.05) is 26.8 Å². The minimum Gasteiger partial charge on any atom is -0.378 e. The zero-order valence-electron chi connectivity index (χ0n) is 11.5. The Kier molecular flexibility index (Phi) is 3.56. The Bertz CT molecular complexity index is 603. The standard InChI is InChI=1S/C14H15N3O3/c1-16(2)10-6-4-9(5-7-10)8-11-12(18)15-14(20)17(3)13(11)19/h4-8H,1-3H3,(H,15,18,20). The molecule has 0 aliphatic carbocycles. The molecule has 1 aromatic carbocycles. The van der Waals surface area contributed by atoms with Crippen molar-refractivity contribution in [1.82, 2.24) is 10.2 Å². The van der Waals surface area contributed by atoms with Crippen LogP contribution in [0, 0.1) is 0 Å². The number of benzene rings is 1. The Hall–Kier alpha value is -2.63. The Morgan fingerprint density at radius 3 is 2.25 bits per heavy atom. The number of anilines is 1. The van der Waals surface area contributed by atoms with Gasteiger partial charge in [-0.1, -0.05) is 12.1 Å². The monoisotopic (exact) mass is 273 g/mol. The molecule has 0 bridgehead atoms. The number of barbiturate groups is 1. The molecular weight excluding hydrogens is 258 g/mol. The van der Waals surface area contributed by atoms with E-state index in [1.807, 2.05) is 31.1 Å². The minimum atomic E-state index is -0.708. The van der Waals surface area contributed by atoms with E-state index in [4.69, 9.17) is 0 Å². The molecule has 0 unspecified atom stereocenters. The lowest BCUT2D eigenvalue weighted by Crippen LogP contribution is -2.52. The highest BCUT2D eigenvalue weighted by molar-refractivity contribution is 6.30. The second-order valence-corrected chi connectivity index (χ2v) is 4.67. The first-order valence-electron chi connectivity index (χ1n) is 6.02. The summed E-state index contributed by atoms with van der Waals surface area (Å²) in [6, 6.07) is 6.66. The van der Waals surface area contributed by atoms with Gasteiger partial charge in [0.2, 0.25) is 0 Å². The van der Waals surface area contributed by atoms with Crippen molar-refractivity contribution < 1.29 is 14.4 Å². The SMILES string of the molecule is CN1C(=O)NC(=O)C(=Cc2ccc(N(C)C)cc2)C1=O. The van der Waals surface area contributed by atoms with Crippen molar-refractivity contribution in [1.29, 1.82) is 0 Å². The van der Waals surface area contributed by atoms with E-state index in [1.165, 1.54) is 13.1 Å². The molecule has 0 spiro atoms. The fourth-order valence-corrected chi connectivity index (χ4v) is 1.78. The number of urea groups is 1. The molecule has 20 heavy (non-hydrogen) atoms. The molecule has 0 atom stereocenters. The van der Waals surface area contributed by atoms with Crippen LogP contribution in [-0.4, -0.2) is 43.9 Å². The Labute approximate surface area is 116 Å². The fraction of sp³-hybridized carbons (Fsp3) is 0.214. The summed E-state index contributed by atoms with van der Waals surface area (Å²) in [5.74, 6) is -1.27. The van der Waals surface area contributed by atoms with Crippen LogP contribution in [0.4, 0.5) is 10.5 Å². The summed E-state index contributed by atoms with van der Waals surface area (Å²) in [7, 11) is 5.17. The maximum atomic E-state index is 11.9. The normalized spacial score (nSPS) is 17.4. The second kappa shape index (κ2) is 5.16. The molecule has 1 aliphatic rings. The minimum absolute atomic E-state index is 0.0512. The lowest BCUT2D eigenvalue weighted by molar-refractivity contribution is -0.129. The third-order valence-electron chi connectivity index (χ3n) is 3.03. The lowest BCUT2D eigenvalue weighted by atomic mass is 10.1. The van der Waals surface area contributed by atoms with Gasteiger partial charge in [0.1, 0.15) is 5.57 Å². The molecule has 1 saturated heterocycles. The van der Waals surface area contributed by atoms with Gasteiger partial charge >= 0.3 is 6.03 Å². The summed E-state index contributed by atoms with van der Waals surface area (Å²) in [4.78, 5) is 37.7. The van der Waals surface area contributed by atoms with Gasteiger partial charge in [-0.2, -0.15) is 0 Å². The van der Waals surface area contributed by atoms with Gasteiger partial charge in [0.05, 0.1) is 0 Å². The number of hydrogen-bond acceptors (Lipinski definition) is 4. The first-order chi connectivity index (χ1) is 9.40. The maximum absolute atomic E-state index is 11.9. The third-order valence-corrected chi connectivity index (χ3v) is 3.03. The first kappa shape index (κ1) is 13.8. The molecule has 1 aromatic rings. The van der Waals surface area contributed by atoms with Crippen LogP contribution in [0.3, 0.4) is 0 Å². The topological polar surface area (TPSA) is 69.7 Å². The van der Waals surface area contributed by atoms with E-state index in [9.17, 15) is 14.4 Å². The second-order valence-electron chi connectivity index (χ2n) is 4.67. The summed E-state index contributed by atoms with van der Waals surface area (Å²) in [6.45, 7) is 0. The van der Waals surface area contributed by atoms with E-state index < -0.39 is 17.8 Å². The molecule has 2 rings (SSSR count). The molecule has 1 aliphatic heterocycles. The number of hydrogen-bond donors (Lipinski definition) is 1. The molecule has 0 saturated carbocycles. The average Bonchev–Trinajstić information content (AvgIpc) is 2.42. The van der Waals surface area contributed by atoms with Crippen molar-refractivity contribution >= 4 is 29.6 Å². The number of amides is 4. The van der Waals surface area contributed by atoms with Crippen LogP contribution in [0.2, 0.25) is 0 Å². The van der Waals surface area contributed by atoms with Crippen molar-refractivity contribution in [3.63, 3.8) is 0 Å². The van der Waals surface area contributed by atoms with E-state index in [2.05, 4.69) is 5.32 Å². The number of imide groups is 2. The van der Waals surface area contributed by atoms with Crippen molar-refractivity contribution in [2.75, 3.05) is 26.0 Å². The van der Waals surface area contributed by atoms with E-state index in [1.54, 1.807) is 12.1 Å². The van der Waals surface area contributed by atoms with Gasteiger partial charge in [0.15, 0.2) is 0 Å². The van der Waals surface area contributed by atoms with Gasteiger partial charge in [-0.15, -0.1) is 0 Å². The van der Waals surface area contributed by atoms with Gasteiger partial charge in [0.25, 0.3) is 11.8 Å². The number of rotatable bonds is 2. The van der Waals surface area contributed by atoms with Crippen LogP contribution in [0.1, 0.15) is 5.56 Å². The van der Waals surface area contributed by atoms with Crippen LogP contribution in [0.25, 0.3) is 6.08 Å². The van der Waals surface area contributed by atoms with Crippen molar-refractivity contribution in [2.45, 2.75) is 0 Å². The van der Waals surface area contributed by atoms with Crippen LogP contribution in [0.15, 0.2) is 29.8 Å². The summed E-state index contributed by atoms with van der Waals surface area (Å²) in [5, 5.41) is 2.11. The summed E-state index contributed by atoms with van der Waals surface area (Å²) in [6.07, 6.45) is 1.47. The van der Waals surface area contributed by atoms with E-state index in [0.29, 0.717) is 0 Å². The maximum Gasteiger partial charge on any atom is 0.331 e. The number of likely N-dealkylation sites (N-methyl/N-ethyl adjacent to an activating group) is 1. The van der Waals surface area contributed by atoms with Crippen LogP contribution >= 0.6 is 0 Å². The number of carbonyl (C=O) groups is 3. The number of nitrogens with one attached hydrogen (secondary N) is 1. The van der Waals surface area contributed by atoms with Crippen LogP contribution in [0.5, 0.6) is 0 Å². The summed E-state index contributed by atoms with van der Waals surface area (Å²) in [5.41, 5.74) is 1.68. The Morgan fingerprint density at radius 2 is 1.70 bits per heavy atom. The highest BCUT2D eigenvalue weighted by Crippen LogP contribution is 2.16. The molecule has 1 fully saturated rings. The number of carbonyl (C=O) groups excluding carboxylic acids is 3.